The molecule has 1 unspecified atom stereocenters. The van der Waals surface area contributed by atoms with Crippen LogP contribution in [0.15, 0.2) is 18.2 Å². The fraction of sp³-hybridized carbons (Fsp3) is 0.429. The lowest BCUT2D eigenvalue weighted by atomic mass is 9.95. The van der Waals surface area contributed by atoms with Gasteiger partial charge in [0.05, 0.1) is 12.0 Å². The van der Waals surface area contributed by atoms with E-state index in [1.54, 1.807) is 0 Å². The molecule has 1 amide bonds. The molecule has 1 rings (SSSR count). The van der Waals surface area contributed by atoms with E-state index in [1.165, 1.54) is 26.2 Å². The number of benzene rings is 1. The number of amides is 1. The van der Waals surface area contributed by atoms with Gasteiger partial charge in [-0.15, -0.1) is 0 Å². The standard InChI is InChI=1S/C14H18N2O6/c1-4-7-14(2,13(18)19)15-12(17)9-5-6-10(16(20)21)11(8-9)22-3/h5-6,8H,4,7H2,1-3H3,(H,15,17)(H,18,19). The van der Waals surface area contributed by atoms with E-state index in [-0.39, 0.29) is 23.4 Å². The molecule has 0 saturated heterocycles. The molecular formula is C14H18N2O6. The van der Waals surface area contributed by atoms with Crippen LogP contribution in [0.1, 0.15) is 37.0 Å². The molecule has 0 spiro atoms. The van der Waals surface area contributed by atoms with Crippen LogP contribution in [0.4, 0.5) is 5.69 Å². The molecule has 1 aromatic carbocycles. The zero-order valence-electron chi connectivity index (χ0n) is 12.6. The first-order valence-electron chi connectivity index (χ1n) is 6.63. The summed E-state index contributed by atoms with van der Waals surface area (Å²) in [5, 5.41) is 22.5. The maximum absolute atomic E-state index is 12.2. The molecule has 0 radical (unpaired) electrons. The first-order valence-corrected chi connectivity index (χ1v) is 6.63. The van der Waals surface area contributed by atoms with Crippen LogP contribution in [0, 0.1) is 10.1 Å². The summed E-state index contributed by atoms with van der Waals surface area (Å²) in [5.41, 5.74) is -1.58. The number of methoxy groups -OCH3 is 1. The third-order valence-corrected chi connectivity index (χ3v) is 3.25. The maximum atomic E-state index is 12.2. The molecule has 8 nitrogen and oxygen atoms in total. The summed E-state index contributed by atoms with van der Waals surface area (Å²) in [4.78, 5) is 33.7. The van der Waals surface area contributed by atoms with Crippen LogP contribution in [0.3, 0.4) is 0 Å². The zero-order chi connectivity index (χ0) is 16.9. The molecule has 0 aliphatic heterocycles. The Bertz CT molecular complexity index is 601. The highest BCUT2D eigenvalue weighted by molar-refractivity contribution is 5.98. The monoisotopic (exact) mass is 310 g/mol. The van der Waals surface area contributed by atoms with Crippen molar-refractivity contribution in [2.45, 2.75) is 32.2 Å². The predicted octanol–water partition coefficient (Wildman–Crippen LogP) is 1.98. The summed E-state index contributed by atoms with van der Waals surface area (Å²) in [7, 11) is 1.25. The van der Waals surface area contributed by atoms with Gasteiger partial charge in [0.25, 0.3) is 5.91 Å². The number of nitrogens with one attached hydrogen (secondary N) is 1. The fourth-order valence-corrected chi connectivity index (χ4v) is 2.02. The lowest BCUT2D eigenvalue weighted by molar-refractivity contribution is -0.385. The number of nitrogens with zero attached hydrogens (tertiary/aromatic N) is 1. The maximum Gasteiger partial charge on any atom is 0.329 e. The summed E-state index contributed by atoms with van der Waals surface area (Å²) in [6.07, 6.45) is 0.838. The van der Waals surface area contributed by atoms with E-state index >= 15 is 0 Å². The van der Waals surface area contributed by atoms with Gasteiger partial charge in [-0.3, -0.25) is 14.9 Å². The second-order valence-electron chi connectivity index (χ2n) is 4.99. The predicted molar refractivity (Wildman–Crippen MR) is 78.1 cm³/mol. The molecule has 0 fully saturated rings. The van der Waals surface area contributed by atoms with Crippen LogP contribution in [0.2, 0.25) is 0 Å². The minimum absolute atomic E-state index is 0.0647. The van der Waals surface area contributed by atoms with Gasteiger partial charge in [0.1, 0.15) is 5.54 Å². The van der Waals surface area contributed by atoms with E-state index in [4.69, 9.17) is 4.74 Å². The van der Waals surface area contributed by atoms with Crippen molar-refractivity contribution in [3.05, 3.63) is 33.9 Å². The van der Waals surface area contributed by atoms with Gasteiger partial charge in [-0.1, -0.05) is 13.3 Å². The molecule has 0 heterocycles. The van der Waals surface area contributed by atoms with Crippen molar-refractivity contribution >= 4 is 17.6 Å². The lowest BCUT2D eigenvalue weighted by Gasteiger charge is -2.25. The van der Waals surface area contributed by atoms with Gasteiger partial charge in [-0.2, -0.15) is 0 Å². The number of carboxylic acid groups (broad SMARTS) is 1. The molecule has 22 heavy (non-hydrogen) atoms. The fourth-order valence-electron chi connectivity index (χ4n) is 2.02. The van der Waals surface area contributed by atoms with Gasteiger partial charge in [-0.25, -0.2) is 4.79 Å². The quantitative estimate of drug-likeness (QED) is 0.587. The Hall–Kier alpha value is -2.64. The van der Waals surface area contributed by atoms with Gasteiger partial charge in [-0.05, 0) is 19.4 Å². The number of ether oxygens (including phenoxy) is 1. The Labute approximate surface area is 127 Å². The number of hydrogen-bond acceptors (Lipinski definition) is 5. The average Bonchev–Trinajstić information content (AvgIpc) is 2.46. The number of carbonyl (C=O) groups is 2. The number of hydrogen-bond donors (Lipinski definition) is 2. The molecular weight excluding hydrogens is 292 g/mol. The van der Waals surface area contributed by atoms with E-state index in [0.717, 1.165) is 6.07 Å². The molecule has 0 saturated carbocycles. The second kappa shape index (κ2) is 6.88. The highest BCUT2D eigenvalue weighted by Gasteiger charge is 2.34. The van der Waals surface area contributed by atoms with Crippen LogP contribution in [0.25, 0.3) is 0 Å². The summed E-state index contributed by atoms with van der Waals surface area (Å²) in [5.74, 6) is -1.84. The summed E-state index contributed by atoms with van der Waals surface area (Å²) >= 11 is 0. The average molecular weight is 310 g/mol. The number of carboxylic acids is 1. The van der Waals surface area contributed by atoms with Crippen molar-refractivity contribution < 1.29 is 24.4 Å². The van der Waals surface area contributed by atoms with Gasteiger partial charge in [0, 0.05) is 17.7 Å². The molecule has 0 bridgehead atoms. The van der Waals surface area contributed by atoms with Crippen molar-refractivity contribution in [2.75, 3.05) is 7.11 Å². The van der Waals surface area contributed by atoms with Crippen molar-refractivity contribution in [1.29, 1.82) is 0 Å². The van der Waals surface area contributed by atoms with E-state index in [9.17, 15) is 24.8 Å². The Balaban J connectivity index is 3.08. The van der Waals surface area contributed by atoms with E-state index in [2.05, 4.69) is 5.32 Å². The van der Waals surface area contributed by atoms with Gasteiger partial charge in [0.2, 0.25) is 0 Å². The smallest absolute Gasteiger partial charge is 0.329 e. The number of carbonyl (C=O) groups excluding carboxylic acids is 1. The van der Waals surface area contributed by atoms with Crippen LogP contribution < -0.4 is 10.1 Å². The van der Waals surface area contributed by atoms with Crippen LogP contribution in [-0.2, 0) is 4.79 Å². The largest absolute Gasteiger partial charge is 0.490 e. The number of nitro benzene ring substituents is 1. The SMILES string of the molecule is CCCC(C)(NC(=O)c1ccc([N+](=O)[O-])c(OC)c1)C(=O)O. The first kappa shape index (κ1) is 17.4. The first-order chi connectivity index (χ1) is 10.2. The minimum atomic E-state index is -1.40. The Morgan fingerprint density at radius 1 is 1.45 bits per heavy atom. The zero-order valence-corrected chi connectivity index (χ0v) is 12.6. The number of rotatable bonds is 7. The molecule has 1 aromatic rings. The lowest BCUT2D eigenvalue weighted by Crippen LogP contribution is -2.52. The third-order valence-electron chi connectivity index (χ3n) is 3.25. The molecule has 120 valence electrons. The van der Waals surface area contributed by atoms with E-state index < -0.39 is 22.3 Å². The molecule has 2 N–H and O–H groups in total. The highest BCUT2D eigenvalue weighted by atomic mass is 16.6. The highest BCUT2D eigenvalue weighted by Crippen LogP contribution is 2.27. The number of aliphatic carboxylic acids is 1. The molecule has 0 aliphatic rings. The van der Waals surface area contributed by atoms with Crippen molar-refractivity contribution in [1.82, 2.24) is 5.32 Å². The molecule has 1 atom stereocenters. The van der Waals surface area contributed by atoms with Crippen LogP contribution in [-0.4, -0.2) is 34.6 Å². The van der Waals surface area contributed by atoms with E-state index in [1.807, 2.05) is 6.92 Å². The third kappa shape index (κ3) is 3.72. The topological polar surface area (TPSA) is 119 Å². The Kier molecular flexibility index (Phi) is 5.44. The van der Waals surface area contributed by atoms with Crippen molar-refractivity contribution in [3.8, 4) is 5.75 Å². The molecule has 0 aromatic heterocycles. The summed E-state index contributed by atoms with van der Waals surface area (Å²) < 4.78 is 4.88. The Morgan fingerprint density at radius 3 is 2.55 bits per heavy atom. The normalized spacial score (nSPS) is 13.0. The molecule has 0 aliphatic carbocycles. The second-order valence-corrected chi connectivity index (χ2v) is 4.99. The van der Waals surface area contributed by atoms with Gasteiger partial charge >= 0.3 is 11.7 Å². The van der Waals surface area contributed by atoms with Crippen molar-refractivity contribution in [3.63, 3.8) is 0 Å². The van der Waals surface area contributed by atoms with Gasteiger partial charge in [0.15, 0.2) is 5.75 Å². The minimum Gasteiger partial charge on any atom is -0.490 e. The Morgan fingerprint density at radius 2 is 2.09 bits per heavy atom. The molecule has 8 heteroatoms. The van der Waals surface area contributed by atoms with E-state index in [0.29, 0.717) is 6.42 Å². The van der Waals surface area contributed by atoms with Crippen LogP contribution >= 0.6 is 0 Å². The van der Waals surface area contributed by atoms with Crippen LogP contribution in [0.5, 0.6) is 5.75 Å². The number of nitro groups is 1. The summed E-state index contributed by atoms with van der Waals surface area (Å²) in [6, 6.07) is 3.61. The van der Waals surface area contributed by atoms with Gasteiger partial charge < -0.3 is 15.2 Å². The summed E-state index contributed by atoms with van der Waals surface area (Å²) in [6.45, 7) is 3.22. The van der Waals surface area contributed by atoms with Crippen molar-refractivity contribution in [2.24, 2.45) is 0 Å².